The molecule has 0 bridgehead atoms. The molecule has 0 radical (unpaired) electrons. The topological polar surface area (TPSA) is 65.5 Å². The highest BCUT2D eigenvalue weighted by molar-refractivity contribution is 5.93. The van der Waals surface area contributed by atoms with Crippen molar-refractivity contribution >= 4 is 11.9 Å². The minimum absolute atomic E-state index is 0.0824. The van der Waals surface area contributed by atoms with Crippen LogP contribution in [0.5, 0.6) is 0 Å². The van der Waals surface area contributed by atoms with Crippen molar-refractivity contribution in [2.75, 3.05) is 20.1 Å². The average Bonchev–Trinajstić information content (AvgIpc) is 2.49. The van der Waals surface area contributed by atoms with Crippen LogP contribution in [-0.2, 0) is 6.54 Å². The molecule has 0 saturated heterocycles. The number of carbonyl (C=O) groups is 1. The molecule has 5 heteroatoms. The standard InChI is InChI=1S/C15H22N4O/c1-4-10-18-15(17-5-2)19-11-12-6-8-13(9-7-12)14(20)16-3/h4,6-9H,1,5,10-11H2,2-3H3,(H,16,20)(H2,17,18,19). The van der Waals surface area contributed by atoms with Gasteiger partial charge in [-0.15, -0.1) is 6.58 Å². The Morgan fingerprint density at radius 3 is 2.55 bits per heavy atom. The first-order chi connectivity index (χ1) is 9.71. The molecule has 0 aromatic heterocycles. The van der Waals surface area contributed by atoms with E-state index < -0.39 is 0 Å². The molecule has 0 spiro atoms. The number of nitrogens with zero attached hydrogens (tertiary/aromatic N) is 1. The number of guanidine groups is 1. The van der Waals surface area contributed by atoms with Gasteiger partial charge in [-0.3, -0.25) is 4.79 Å². The molecule has 1 aromatic rings. The molecule has 20 heavy (non-hydrogen) atoms. The smallest absolute Gasteiger partial charge is 0.251 e. The maximum absolute atomic E-state index is 11.4. The summed E-state index contributed by atoms with van der Waals surface area (Å²) in [4.78, 5) is 15.9. The molecule has 0 saturated carbocycles. The van der Waals surface area contributed by atoms with E-state index in [-0.39, 0.29) is 5.91 Å². The van der Waals surface area contributed by atoms with Gasteiger partial charge in [0.2, 0.25) is 0 Å². The van der Waals surface area contributed by atoms with Crippen LogP contribution in [-0.4, -0.2) is 32.0 Å². The van der Waals surface area contributed by atoms with E-state index >= 15 is 0 Å². The second-order valence-electron chi connectivity index (χ2n) is 4.14. The van der Waals surface area contributed by atoms with E-state index in [2.05, 4.69) is 27.5 Å². The normalized spacial score (nSPS) is 10.8. The molecule has 1 amide bonds. The fourth-order valence-electron chi connectivity index (χ4n) is 1.59. The van der Waals surface area contributed by atoms with Crippen LogP contribution in [0.15, 0.2) is 41.9 Å². The fourth-order valence-corrected chi connectivity index (χ4v) is 1.59. The number of aliphatic imine (C=N–C) groups is 1. The molecular weight excluding hydrogens is 252 g/mol. The Hall–Kier alpha value is -2.30. The predicted octanol–water partition coefficient (Wildman–Crippen LogP) is 1.29. The lowest BCUT2D eigenvalue weighted by Gasteiger charge is -2.09. The maximum atomic E-state index is 11.4. The van der Waals surface area contributed by atoms with E-state index in [4.69, 9.17) is 0 Å². The lowest BCUT2D eigenvalue weighted by Crippen LogP contribution is -2.37. The van der Waals surface area contributed by atoms with Crippen molar-refractivity contribution in [1.82, 2.24) is 16.0 Å². The third-order valence-corrected chi connectivity index (χ3v) is 2.62. The zero-order valence-electron chi connectivity index (χ0n) is 12.1. The highest BCUT2D eigenvalue weighted by atomic mass is 16.1. The van der Waals surface area contributed by atoms with E-state index in [0.29, 0.717) is 18.7 Å². The maximum Gasteiger partial charge on any atom is 0.251 e. The summed E-state index contributed by atoms with van der Waals surface area (Å²) in [5.74, 6) is 0.670. The SMILES string of the molecule is C=CCNC(=NCc1ccc(C(=O)NC)cc1)NCC. The molecule has 0 aliphatic heterocycles. The summed E-state index contributed by atoms with van der Waals surface area (Å²) in [5.41, 5.74) is 1.70. The Balaban J connectivity index is 2.66. The Bertz CT molecular complexity index is 465. The molecule has 0 aliphatic rings. The van der Waals surface area contributed by atoms with Crippen molar-refractivity contribution in [3.05, 3.63) is 48.0 Å². The second-order valence-corrected chi connectivity index (χ2v) is 4.14. The molecule has 0 aliphatic carbocycles. The van der Waals surface area contributed by atoms with Gasteiger partial charge in [0.1, 0.15) is 0 Å². The van der Waals surface area contributed by atoms with Gasteiger partial charge in [-0.2, -0.15) is 0 Å². The van der Waals surface area contributed by atoms with Gasteiger partial charge >= 0.3 is 0 Å². The van der Waals surface area contributed by atoms with Crippen molar-refractivity contribution in [3.63, 3.8) is 0 Å². The summed E-state index contributed by atoms with van der Waals surface area (Å²) >= 11 is 0. The monoisotopic (exact) mass is 274 g/mol. The van der Waals surface area contributed by atoms with Gasteiger partial charge in [0.15, 0.2) is 5.96 Å². The van der Waals surface area contributed by atoms with Crippen molar-refractivity contribution in [2.45, 2.75) is 13.5 Å². The number of benzene rings is 1. The van der Waals surface area contributed by atoms with Crippen LogP contribution in [0, 0.1) is 0 Å². The van der Waals surface area contributed by atoms with E-state index in [1.165, 1.54) is 0 Å². The number of hydrogen-bond donors (Lipinski definition) is 3. The molecule has 3 N–H and O–H groups in total. The summed E-state index contributed by atoms with van der Waals surface area (Å²) in [6, 6.07) is 7.41. The van der Waals surface area contributed by atoms with E-state index in [0.717, 1.165) is 18.1 Å². The zero-order valence-corrected chi connectivity index (χ0v) is 12.1. The molecule has 0 heterocycles. The fraction of sp³-hybridized carbons (Fsp3) is 0.333. The van der Waals surface area contributed by atoms with Crippen LogP contribution >= 0.6 is 0 Å². The van der Waals surface area contributed by atoms with Crippen molar-refractivity contribution in [1.29, 1.82) is 0 Å². The van der Waals surface area contributed by atoms with E-state index in [1.807, 2.05) is 19.1 Å². The van der Waals surface area contributed by atoms with Crippen LogP contribution in [0.25, 0.3) is 0 Å². The van der Waals surface area contributed by atoms with Gasteiger partial charge in [-0.05, 0) is 24.6 Å². The Labute approximate surface area is 120 Å². The van der Waals surface area contributed by atoms with Crippen LogP contribution < -0.4 is 16.0 Å². The minimum Gasteiger partial charge on any atom is -0.357 e. The summed E-state index contributed by atoms with van der Waals surface area (Å²) in [7, 11) is 1.62. The van der Waals surface area contributed by atoms with Crippen LogP contribution in [0.2, 0.25) is 0 Å². The highest BCUT2D eigenvalue weighted by Gasteiger charge is 2.02. The molecule has 0 atom stereocenters. The highest BCUT2D eigenvalue weighted by Crippen LogP contribution is 2.05. The number of carbonyl (C=O) groups excluding carboxylic acids is 1. The van der Waals surface area contributed by atoms with Gasteiger partial charge < -0.3 is 16.0 Å². The van der Waals surface area contributed by atoms with Crippen molar-refractivity contribution in [2.24, 2.45) is 4.99 Å². The van der Waals surface area contributed by atoms with Gasteiger partial charge in [-0.25, -0.2) is 4.99 Å². The summed E-state index contributed by atoms with van der Waals surface area (Å²) in [5, 5.41) is 8.88. The van der Waals surface area contributed by atoms with E-state index in [1.54, 1.807) is 25.3 Å². The number of nitrogens with one attached hydrogen (secondary N) is 3. The van der Waals surface area contributed by atoms with Gasteiger partial charge in [-0.1, -0.05) is 18.2 Å². The third-order valence-electron chi connectivity index (χ3n) is 2.62. The lowest BCUT2D eigenvalue weighted by atomic mass is 10.1. The Morgan fingerprint density at radius 1 is 1.30 bits per heavy atom. The van der Waals surface area contributed by atoms with Crippen LogP contribution in [0.3, 0.4) is 0 Å². The molecule has 5 nitrogen and oxygen atoms in total. The molecule has 1 rings (SSSR count). The largest absolute Gasteiger partial charge is 0.357 e. The number of hydrogen-bond acceptors (Lipinski definition) is 2. The second kappa shape index (κ2) is 8.74. The zero-order chi connectivity index (χ0) is 14.8. The Morgan fingerprint density at radius 2 is 2.00 bits per heavy atom. The first-order valence-electron chi connectivity index (χ1n) is 6.65. The van der Waals surface area contributed by atoms with Gasteiger partial charge in [0.25, 0.3) is 5.91 Å². The molecule has 108 valence electrons. The quantitative estimate of drug-likeness (QED) is 0.416. The molecule has 0 fully saturated rings. The first-order valence-corrected chi connectivity index (χ1v) is 6.65. The Kier molecular flexibility index (Phi) is 6.89. The minimum atomic E-state index is -0.0824. The van der Waals surface area contributed by atoms with Crippen molar-refractivity contribution in [3.8, 4) is 0 Å². The van der Waals surface area contributed by atoms with Gasteiger partial charge in [0, 0.05) is 25.7 Å². The summed E-state index contributed by atoms with van der Waals surface area (Å²) in [6.45, 7) is 7.71. The molecular formula is C15H22N4O. The molecule has 1 aromatic carbocycles. The lowest BCUT2D eigenvalue weighted by molar-refractivity contribution is 0.0963. The summed E-state index contributed by atoms with van der Waals surface area (Å²) in [6.07, 6.45) is 1.78. The average molecular weight is 274 g/mol. The first kappa shape index (κ1) is 15.8. The van der Waals surface area contributed by atoms with Crippen molar-refractivity contribution < 1.29 is 4.79 Å². The van der Waals surface area contributed by atoms with Crippen LogP contribution in [0.4, 0.5) is 0 Å². The number of rotatable bonds is 6. The third kappa shape index (κ3) is 5.14. The molecule has 0 unspecified atom stereocenters. The van der Waals surface area contributed by atoms with Crippen LogP contribution in [0.1, 0.15) is 22.8 Å². The van der Waals surface area contributed by atoms with Gasteiger partial charge in [0.05, 0.1) is 6.54 Å². The summed E-state index contributed by atoms with van der Waals surface area (Å²) < 4.78 is 0. The van der Waals surface area contributed by atoms with E-state index in [9.17, 15) is 4.79 Å². The predicted molar refractivity (Wildman–Crippen MR) is 82.8 cm³/mol. The number of amides is 1.